The molecule has 2 aromatic carbocycles. The van der Waals surface area contributed by atoms with Gasteiger partial charge in [-0.05, 0) is 37.3 Å². The molecule has 8 heteroatoms. The Labute approximate surface area is 138 Å². The Morgan fingerprint density at radius 1 is 1.08 bits per heavy atom. The first kappa shape index (κ1) is 18.0. The smallest absolute Gasteiger partial charge is 0.251 e. The fraction of sp³-hybridized carbons (Fsp3) is 0.188. The minimum Gasteiger partial charge on any atom is -0.355 e. The zero-order valence-corrected chi connectivity index (χ0v) is 13.8. The van der Waals surface area contributed by atoms with Crippen LogP contribution in [0.2, 0.25) is 0 Å². The molecule has 0 saturated heterocycles. The van der Waals surface area contributed by atoms with Crippen LogP contribution in [0.1, 0.15) is 28.9 Å². The molecule has 0 spiro atoms. The molecular weight excluding hydrogens is 338 g/mol. The predicted molar refractivity (Wildman–Crippen MR) is 84.9 cm³/mol. The number of rotatable bonds is 5. The summed E-state index contributed by atoms with van der Waals surface area (Å²) in [5.74, 6) is -1.91. The van der Waals surface area contributed by atoms with E-state index >= 15 is 0 Å². The summed E-state index contributed by atoms with van der Waals surface area (Å²) in [6.07, 6.45) is 0. The summed E-state index contributed by atoms with van der Waals surface area (Å²) >= 11 is 0. The molecule has 5 nitrogen and oxygen atoms in total. The number of nitrogens with one attached hydrogen (secondary N) is 2. The second-order valence-corrected chi connectivity index (χ2v) is 6.83. The minimum absolute atomic E-state index is 0.0296. The van der Waals surface area contributed by atoms with Crippen molar-refractivity contribution in [1.29, 1.82) is 0 Å². The van der Waals surface area contributed by atoms with E-state index in [1.807, 2.05) is 0 Å². The molecule has 2 aromatic rings. The number of benzene rings is 2. The lowest BCUT2D eigenvalue weighted by atomic mass is 10.1. The number of amides is 1. The van der Waals surface area contributed by atoms with Gasteiger partial charge >= 0.3 is 0 Å². The molecular formula is C16H16F2N2O3S. The number of halogens is 2. The van der Waals surface area contributed by atoms with Crippen LogP contribution >= 0.6 is 0 Å². The minimum atomic E-state index is -3.93. The third-order valence-electron chi connectivity index (χ3n) is 3.41. The molecule has 0 saturated carbocycles. The third-order valence-corrected chi connectivity index (χ3v) is 4.97. The molecule has 0 unspecified atom stereocenters. The van der Waals surface area contributed by atoms with E-state index in [1.54, 1.807) is 0 Å². The van der Waals surface area contributed by atoms with Crippen LogP contribution in [-0.4, -0.2) is 21.4 Å². The molecule has 2 rings (SSSR count). The number of hydrogen-bond donors (Lipinski definition) is 2. The van der Waals surface area contributed by atoms with Gasteiger partial charge in [0.25, 0.3) is 5.91 Å². The van der Waals surface area contributed by atoms with Gasteiger partial charge in [-0.15, -0.1) is 0 Å². The summed E-state index contributed by atoms with van der Waals surface area (Å²) in [6, 6.07) is 7.34. The topological polar surface area (TPSA) is 75.3 Å². The van der Waals surface area contributed by atoms with E-state index in [-0.39, 0.29) is 16.4 Å². The van der Waals surface area contributed by atoms with Crippen LogP contribution < -0.4 is 10.0 Å². The highest BCUT2D eigenvalue weighted by Crippen LogP contribution is 2.20. The van der Waals surface area contributed by atoms with Gasteiger partial charge in [0.05, 0.1) is 4.90 Å². The van der Waals surface area contributed by atoms with Crippen LogP contribution in [0, 0.1) is 11.6 Å². The largest absolute Gasteiger partial charge is 0.355 e. The van der Waals surface area contributed by atoms with Crippen LogP contribution in [0.25, 0.3) is 0 Å². The Bertz CT molecular complexity index is 852. The summed E-state index contributed by atoms with van der Waals surface area (Å²) in [7, 11) is -2.46. The van der Waals surface area contributed by atoms with Crippen molar-refractivity contribution in [3.8, 4) is 0 Å². The normalized spacial score (nSPS) is 12.7. The number of sulfonamides is 1. The molecule has 0 fully saturated rings. The molecule has 2 N–H and O–H groups in total. The van der Waals surface area contributed by atoms with E-state index in [2.05, 4.69) is 10.0 Å². The van der Waals surface area contributed by atoms with Gasteiger partial charge in [0.2, 0.25) is 10.0 Å². The zero-order chi connectivity index (χ0) is 17.9. The second-order valence-electron chi connectivity index (χ2n) is 5.11. The Morgan fingerprint density at radius 2 is 1.71 bits per heavy atom. The summed E-state index contributed by atoms with van der Waals surface area (Å²) in [4.78, 5) is 11.4. The molecule has 0 bridgehead atoms. The molecule has 0 aliphatic carbocycles. The Hall–Kier alpha value is -2.32. The molecule has 0 aliphatic rings. The van der Waals surface area contributed by atoms with Gasteiger partial charge in [-0.1, -0.05) is 6.07 Å². The van der Waals surface area contributed by atoms with Crippen molar-refractivity contribution in [3.05, 3.63) is 65.2 Å². The lowest BCUT2D eigenvalue weighted by molar-refractivity contribution is 0.0963. The summed E-state index contributed by atoms with van der Waals surface area (Å²) < 4.78 is 53.7. The van der Waals surface area contributed by atoms with Gasteiger partial charge < -0.3 is 5.32 Å². The zero-order valence-electron chi connectivity index (χ0n) is 13.0. The SMILES string of the molecule is CNC(=O)c1ccc(S(=O)(=O)N[C@@H](C)c2ccc(F)cc2F)cc1. The van der Waals surface area contributed by atoms with Crippen LogP contribution in [-0.2, 0) is 10.0 Å². The number of carbonyl (C=O) groups excluding carboxylic acids is 1. The van der Waals surface area contributed by atoms with Crippen molar-refractivity contribution >= 4 is 15.9 Å². The Morgan fingerprint density at radius 3 is 2.25 bits per heavy atom. The first-order valence-corrected chi connectivity index (χ1v) is 8.52. The van der Waals surface area contributed by atoms with Gasteiger partial charge in [0.15, 0.2) is 0 Å². The quantitative estimate of drug-likeness (QED) is 0.866. The maximum atomic E-state index is 13.7. The first-order chi connectivity index (χ1) is 11.2. The molecule has 0 aliphatic heterocycles. The molecule has 0 radical (unpaired) electrons. The highest BCUT2D eigenvalue weighted by atomic mass is 32.2. The average Bonchev–Trinajstić information content (AvgIpc) is 2.53. The number of hydrogen-bond acceptors (Lipinski definition) is 3. The van der Waals surface area contributed by atoms with Crippen molar-refractivity contribution in [2.45, 2.75) is 17.9 Å². The first-order valence-electron chi connectivity index (χ1n) is 7.04. The fourth-order valence-corrected chi connectivity index (χ4v) is 3.37. The van der Waals surface area contributed by atoms with Gasteiger partial charge in [-0.2, -0.15) is 0 Å². The summed E-state index contributed by atoms with van der Waals surface area (Å²) in [5.41, 5.74) is 0.344. The van der Waals surface area contributed by atoms with Gasteiger partial charge in [0, 0.05) is 30.3 Å². The maximum Gasteiger partial charge on any atom is 0.251 e. The lowest BCUT2D eigenvalue weighted by Gasteiger charge is -2.15. The van der Waals surface area contributed by atoms with Crippen molar-refractivity contribution in [2.24, 2.45) is 0 Å². The van der Waals surface area contributed by atoms with E-state index in [1.165, 1.54) is 44.3 Å². The molecule has 128 valence electrons. The van der Waals surface area contributed by atoms with Crippen LogP contribution in [0.4, 0.5) is 8.78 Å². The molecule has 24 heavy (non-hydrogen) atoms. The highest BCUT2D eigenvalue weighted by Gasteiger charge is 2.21. The van der Waals surface area contributed by atoms with E-state index in [0.29, 0.717) is 11.6 Å². The van der Waals surface area contributed by atoms with Crippen molar-refractivity contribution in [3.63, 3.8) is 0 Å². The fourth-order valence-electron chi connectivity index (χ4n) is 2.15. The standard InChI is InChI=1S/C16H16F2N2O3S/c1-10(14-8-5-12(17)9-15(14)18)20-24(22,23)13-6-3-11(4-7-13)16(21)19-2/h3-10,20H,1-2H3,(H,19,21)/t10-/m0/s1. The van der Waals surface area contributed by atoms with E-state index in [9.17, 15) is 22.0 Å². The lowest BCUT2D eigenvalue weighted by Crippen LogP contribution is -2.27. The van der Waals surface area contributed by atoms with Crippen LogP contribution in [0.15, 0.2) is 47.4 Å². The summed E-state index contributed by atoms with van der Waals surface area (Å²) in [6.45, 7) is 1.45. The number of carbonyl (C=O) groups is 1. The Kier molecular flexibility index (Phi) is 5.30. The van der Waals surface area contributed by atoms with Crippen molar-refractivity contribution in [2.75, 3.05) is 7.05 Å². The van der Waals surface area contributed by atoms with E-state index in [0.717, 1.165) is 6.07 Å². The summed E-state index contributed by atoms with van der Waals surface area (Å²) in [5, 5.41) is 2.43. The van der Waals surface area contributed by atoms with Gasteiger partial charge in [-0.25, -0.2) is 21.9 Å². The average molecular weight is 354 g/mol. The van der Waals surface area contributed by atoms with Gasteiger partial charge in [-0.3, -0.25) is 4.79 Å². The molecule has 1 atom stereocenters. The third kappa shape index (κ3) is 3.95. The van der Waals surface area contributed by atoms with Crippen LogP contribution in [0.5, 0.6) is 0 Å². The highest BCUT2D eigenvalue weighted by molar-refractivity contribution is 7.89. The molecule has 0 aromatic heterocycles. The Balaban J connectivity index is 2.22. The van der Waals surface area contributed by atoms with Crippen LogP contribution in [0.3, 0.4) is 0 Å². The van der Waals surface area contributed by atoms with E-state index in [4.69, 9.17) is 0 Å². The predicted octanol–water partition coefficient (Wildman–Crippen LogP) is 2.36. The van der Waals surface area contributed by atoms with E-state index < -0.39 is 27.7 Å². The van der Waals surface area contributed by atoms with Crippen molar-refractivity contribution in [1.82, 2.24) is 10.0 Å². The van der Waals surface area contributed by atoms with Gasteiger partial charge in [0.1, 0.15) is 11.6 Å². The van der Waals surface area contributed by atoms with Crippen molar-refractivity contribution < 1.29 is 22.0 Å². The monoisotopic (exact) mass is 354 g/mol. The second kappa shape index (κ2) is 7.06. The molecule has 0 heterocycles. The molecule has 1 amide bonds. The maximum absolute atomic E-state index is 13.7.